The van der Waals surface area contributed by atoms with Gasteiger partial charge in [0.2, 0.25) is 0 Å². The first-order valence-electron chi connectivity index (χ1n) is 16.0. The molecule has 242 valence electrons. The maximum Gasteiger partial charge on any atom is 0.128 e. The predicted octanol–water partition coefficient (Wildman–Crippen LogP) is 7.40. The number of aromatic hydroxyl groups is 2. The Kier molecular flexibility index (Phi) is 10.4. The van der Waals surface area contributed by atoms with Crippen LogP contribution in [-0.4, -0.2) is 54.6 Å². The summed E-state index contributed by atoms with van der Waals surface area (Å²) >= 11 is 0. The van der Waals surface area contributed by atoms with Crippen LogP contribution in [0.5, 0.6) is 23.0 Å². The average Bonchev–Trinajstić information content (AvgIpc) is 3.50. The van der Waals surface area contributed by atoms with Crippen molar-refractivity contribution in [1.29, 1.82) is 0 Å². The number of methoxy groups -OCH3 is 2. The first kappa shape index (κ1) is 32.1. The maximum absolute atomic E-state index is 11.5. The van der Waals surface area contributed by atoms with Gasteiger partial charge in [-0.3, -0.25) is 4.90 Å². The Morgan fingerprint density at radius 1 is 0.660 bits per heavy atom. The largest absolute Gasteiger partial charge is 0.507 e. The van der Waals surface area contributed by atoms with Crippen molar-refractivity contribution in [1.82, 2.24) is 10.2 Å². The van der Waals surface area contributed by atoms with Crippen LogP contribution < -0.4 is 14.8 Å². The first-order valence-corrected chi connectivity index (χ1v) is 16.0. The average molecular weight is 631 g/mol. The van der Waals surface area contributed by atoms with Gasteiger partial charge in [-0.05, 0) is 24.1 Å². The highest BCUT2D eigenvalue weighted by Crippen LogP contribution is 2.39. The first-order chi connectivity index (χ1) is 23.1. The third-order valence-corrected chi connectivity index (χ3v) is 8.92. The van der Waals surface area contributed by atoms with Gasteiger partial charge in [0.15, 0.2) is 0 Å². The summed E-state index contributed by atoms with van der Waals surface area (Å²) in [6, 6.07) is 37.6. The van der Waals surface area contributed by atoms with Gasteiger partial charge in [0, 0.05) is 65.6 Å². The molecule has 1 aliphatic heterocycles. The molecule has 5 aromatic carbocycles. The lowest BCUT2D eigenvalue weighted by atomic mass is 10.00. The van der Waals surface area contributed by atoms with Gasteiger partial charge in [0.1, 0.15) is 23.0 Å². The molecular formula is C40H42N2O5. The molecule has 0 aromatic heterocycles. The maximum atomic E-state index is 11.5. The summed E-state index contributed by atoms with van der Waals surface area (Å²) in [5.74, 6) is 1.94. The van der Waals surface area contributed by atoms with E-state index in [4.69, 9.17) is 14.2 Å². The van der Waals surface area contributed by atoms with Crippen LogP contribution in [-0.2, 0) is 24.4 Å². The van der Waals surface area contributed by atoms with Crippen molar-refractivity contribution in [3.8, 4) is 45.3 Å². The fourth-order valence-corrected chi connectivity index (χ4v) is 6.47. The minimum atomic E-state index is 0.0452. The van der Waals surface area contributed by atoms with Crippen LogP contribution in [0.1, 0.15) is 23.1 Å². The van der Waals surface area contributed by atoms with Crippen molar-refractivity contribution in [2.75, 3.05) is 27.3 Å². The number of likely N-dealkylation sites (tertiary alicyclic amines) is 1. The number of hydrogen-bond acceptors (Lipinski definition) is 7. The molecule has 1 saturated heterocycles. The summed E-state index contributed by atoms with van der Waals surface area (Å²) in [6.45, 7) is 3.06. The third kappa shape index (κ3) is 7.44. The number of nitrogens with zero attached hydrogens (tertiary/aromatic N) is 1. The smallest absolute Gasteiger partial charge is 0.128 e. The summed E-state index contributed by atoms with van der Waals surface area (Å²) in [6.07, 6.45) is 0.892. The van der Waals surface area contributed by atoms with Gasteiger partial charge in [0.05, 0.1) is 26.9 Å². The molecule has 2 atom stereocenters. The second-order valence-electron chi connectivity index (χ2n) is 11.9. The highest BCUT2D eigenvalue weighted by molar-refractivity contribution is 5.77. The SMILES string of the molecule is COc1ccccc1-c1cccc(CNC[C@@H]2CC(OCc3ccccc3)CN2Cc2cccc(-c3ccccc3OC)c2O)c1O. The van der Waals surface area contributed by atoms with Crippen molar-refractivity contribution in [3.05, 3.63) is 132 Å². The van der Waals surface area contributed by atoms with E-state index in [1.807, 2.05) is 103 Å². The van der Waals surface area contributed by atoms with E-state index in [2.05, 4.69) is 22.3 Å². The van der Waals surface area contributed by atoms with Crippen LogP contribution in [0.3, 0.4) is 0 Å². The molecule has 7 heteroatoms. The minimum absolute atomic E-state index is 0.0452. The lowest BCUT2D eigenvalue weighted by Crippen LogP contribution is -2.37. The Bertz CT molecular complexity index is 1780. The second kappa shape index (κ2) is 15.2. The van der Waals surface area contributed by atoms with Crippen molar-refractivity contribution in [2.45, 2.75) is 38.3 Å². The highest BCUT2D eigenvalue weighted by atomic mass is 16.5. The number of phenolic OH excluding ortho intramolecular Hbond substituents is 2. The molecule has 1 fully saturated rings. The van der Waals surface area contributed by atoms with Gasteiger partial charge in [-0.25, -0.2) is 0 Å². The third-order valence-electron chi connectivity index (χ3n) is 8.92. The molecule has 5 aromatic rings. The second-order valence-corrected chi connectivity index (χ2v) is 11.9. The number of ether oxygens (including phenoxy) is 3. The summed E-state index contributed by atoms with van der Waals surface area (Å²) in [4.78, 5) is 2.38. The Hall–Kier alpha value is -4.82. The van der Waals surface area contributed by atoms with Gasteiger partial charge in [-0.15, -0.1) is 0 Å². The summed E-state index contributed by atoms with van der Waals surface area (Å²) < 4.78 is 17.5. The molecule has 0 bridgehead atoms. The molecule has 1 heterocycles. The zero-order valence-corrected chi connectivity index (χ0v) is 26.9. The number of hydrogen-bond donors (Lipinski definition) is 3. The zero-order chi connectivity index (χ0) is 32.6. The standard InChI is InChI=1S/C40H42N2O5/c1-45-37-20-8-6-16-33(37)35-18-10-14-29(39(35)43)23-41-24-31-22-32(47-27-28-12-4-3-5-13-28)26-42(31)25-30-15-11-19-36(40(30)44)34-17-7-9-21-38(34)46-2/h3-21,31-32,41,43-44H,22-27H2,1-2H3/t31-,32?/m0/s1. The number of nitrogens with one attached hydrogen (secondary N) is 1. The van der Waals surface area contributed by atoms with E-state index < -0.39 is 0 Å². The molecule has 1 unspecified atom stereocenters. The summed E-state index contributed by atoms with van der Waals surface area (Å²) in [7, 11) is 3.28. The minimum Gasteiger partial charge on any atom is -0.507 e. The van der Waals surface area contributed by atoms with Gasteiger partial charge in [-0.1, -0.05) is 103 Å². The Morgan fingerprint density at radius 2 is 1.21 bits per heavy atom. The molecule has 0 spiro atoms. The monoisotopic (exact) mass is 630 g/mol. The van der Waals surface area contributed by atoms with Gasteiger partial charge in [-0.2, -0.15) is 0 Å². The van der Waals surface area contributed by atoms with Crippen LogP contribution in [0.4, 0.5) is 0 Å². The lowest BCUT2D eigenvalue weighted by molar-refractivity contribution is 0.0461. The van der Waals surface area contributed by atoms with Crippen LogP contribution in [0.25, 0.3) is 22.3 Å². The van der Waals surface area contributed by atoms with E-state index in [9.17, 15) is 10.2 Å². The zero-order valence-electron chi connectivity index (χ0n) is 26.9. The fourth-order valence-electron chi connectivity index (χ4n) is 6.47. The van der Waals surface area contributed by atoms with Gasteiger partial charge >= 0.3 is 0 Å². The predicted molar refractivity (Wildman–Crippen MR) is 186 cm³/mol. The quantitative estimate of drug-likeness (QED) is 0.125. The van der Waals surface area contributed by atoms with Crippen molar-refractivity contribution < 1.29 is 24.4 Å². The van der Waals surface area contributed by atoms with E-state index in [0.717, 1.165) is 57.7 Å². The lowest BCUT2D eigenvalue weighted by Gasteiger charge is -2.25. The van der Waals surface area contributed by atoms with E-state index in [0.29, 0.717) is 32.0 Å². The van der Waals surface area contributed by atoms with Crippen LogP contribution >= 0.6 is 0 Å². The van der Waals surface area contributed by atoms with Crippen LogP contribution in [0.15, 0.2) is 115 Å². The summed E-state index contributed by atoms with van der Waals surface area (Å²) in [5.41, 5.74) is 6.01. The normalized spacial score (nSPS) is 16.3. The Balaban J connectivity index is 1.19. The highest BCUT2D eigenvalue weighted by Gasteiger charge is 2.33. The van der Waals surface area contributed by atoms with Crippen molar-refractivity contribution >= 4 is 0 Å². The molecule has 0 aliphatic carbocycles. The molecule has 1 aliphatic rings. The molecule has 0 amide bonds. The number of rotatable bonds is 13. The molecule has 0 radical (unpaired) electrons. The van der Waals surface area contributed by atoms with E-state index in [1.165, 1.54) is 0 Å². The van der Waals surface area contributed by atoms with Gasteiger partial charge < -0.3 is 29.7 Å². The number of para-hydroxylation sites is 4. The summed E-state index contributed by atoms with van der Waals surface area (Å²) in [5, 5.41) is 26.3. The molecule has 7 nitrogen and oxygen atoms in total. The Labute approximate surface area is 277 Å². The topological polar surface area (TPSA) is 83.4 Å². The molecule has 6 rings (SSSR count). The van der Waals surface area contributed by atoms with E-state index in [-0.39, 0.29) is 23.6 Å². The Morgan fingerprint density at radius 3 is 1.85 bits per heavy atom. The van der Waals surface area contributed by atoms with E-state index >= 15 is 0 Å². The number of phenols is 2. The molecule has 3 N–H and O–H groups in total. The molecular weight excluding hydrogens is 588 g/mol. The van der Waals surface area contributed by atoms with E-state index in [1.54, 1.807) is 14.2 Å². The van der Waals surface area contributed by atoms with Gasteiger partial charge in [0.25, 0.3) is 0 Å². The number of benzene rings is 5. The molecule has 47 heavy (non-hydrogen) atoms. The van der Waals surface area contributed by atoms with Crippen molar-refractivity contribution in [3.63, 3.8) is 0 Å². The van der Waals surface area contributed by atoms with Crippen LogP contribution in [0.2, 0.25) is 0 Å². The fraction of sp³-hybridized carbons (Fsp3) is 0.250. The van der Waals surface area contributed by atoms with Crippen LogP contribution in [0, 0.1) is 0 Å². The van der Waals surface area contributed by atoms with Crippen molar-refractivity contribution in [2.24, 2.45) is 0 Å². The molecule has 0 saturated carbocycles.